The topological polar surface area (TPSA) is 52.7 Å². The van der Waals surface area contributed by atoms with E-state index in [-0.39, 0.29) is 0 Å². The van der Waals surface area contributed by atoms with E-state index < -0.39 is 0 Å². The zero-order chi connectivity index (χ0) is 10.3. The van der Waals surface area contributed by atoms with E-state index in [1.165, 1.54) is 6.34 Å². The second kappa shape index (κ2) is 2.75. The number of guanidine groups is 2. The third-order valence-corrected chi connectivity index (χ3v) is 2.09. The number of rotatable bonds is 0. The van der Waals surface area contributed by atoms with Crippen LogP contribution >= 0.6 is 0 Å². The first-order valence-corrected chi connectivity index (χ1v) is 4.30. The molecule has 5 heteroatoms. The van der Waals surface area contributed by atoms with Crippen LogP contribution in [0.25, 0.3) is 0 Å². The van der Waals surface area contributed by atoms with Crippen molar-refractivity contribution in [2.45, 2.75) is 0 Å². The first-order chi connectivity index (χ1) is 7.38. The molecule has 3 aliphatic heterocycles. The van der Waals surface area contributed by atoms with Gasteiger partial charge in [0.05, 0.1) is 5.70 Å². The summed E-state index contributed by atoms with van der Waals surface area (Å²) in [6.45, 7) is 0. The number of aliphatic imine (C=N–C) groups is 4. The van der Waals surface area contributed by atoms with Crippen molar-refractivity contribution in [3.8, 4) is 12.3 Å². The van der Waals surface area contributed by atoms with Gasteiger partial charge in [0.25, 0.3) is 0 Å². The van der Waals surface area contributed by atoms with E-state index in [1.54, 1.807) is 17.2 Å². The summed E-state index contributed by atoms with van der Waals surface area (Å²) < 4.78 is 0. The van der Waals surface area contributed by atoms with Crippen LogP contribution in [0.5, 0.6) is 0 Å². The molecule has 3 rings (SSSR count). The minimum absolute atomic E-state index is 0.513. The molecule has 0 aliphatic carbocycles. The van der Waals surface area contributed by atoms with Crippen molar-refractivity contribution in [2.75, 3.05) is 0 Å². The lowest BCUT2D eigenvalue weighted by Gasteiger charge is -2.28. The molecule has 5 nitrogen and oxygen atoms in total. The van der Waals surface area contributed by atoms with E-state index >= 15 is 0 Å². The van der Waals surface area contributed by atoms with Gasteiger partial charge in [0.1, 0.15) is 12.1 Å². The zero-order valence-corrected chi connectivity index (χ0v) is 7.62. The minimum atomic E-state index is 0.513. The molecule has 0 saturated heterocycles. The Morgan fingerprint density at radius 3 is 3.07 bits per heavy atom. The maximum atomic E-state index is 5.31. The van der Waals surface area contributed by atoms with Crippen molar-refractivity contribution in [1.29, 1.82) is 0 Å². The van der Waals surface area contributed by atoms with Gasteiger partial charge in [-0.2, -0.15) is 0 Å². The Labute approximate surface area is 86.0 Å². The lowest BCUT2D eigenvalue weighted by atomic mass is 10.2. The van der Waals surface area contributed by atoms with Crippen LogP contribution < -0.4 is 0 Å². The van der Waals surface area contributed by atoms with Gasteiger partial charge in [-0.25, -0.2) is 24.9 Å². The molecule has 15 heavy (non-hydrogen) atoms. The molecule has 0 N–H and O–H groups in total. The predicted octanol–water partition coefficient (Wildman–Crippen LogP) is 0.541. The van der Waals surface area contributed by atoms with Gasteiger partial charge in [-0.05, 0) is 12.2 Å². The molecule has 0 unspecified atom stereocenters. The Balaban J connectivity index is 2.22. The van der Waals surface area contributed by atoms with Crippen molar-refractivity contribution in [1.82, 2.24) is 4.90 Å². The largest absolute Gasteiger partial charge is 0.246 e. The van der Waals surface area contributed by atoms with Crippen LogP contribution in [-0.4, -0.2) is 28.9 Å². The summed E-state index contributed by atoms with van der Waals surface area (Å²) in [4.78, 5) is 18.1. The second-order valence-electron chi connectivity index (χ2n) is 2.96. The second-order valence-corrected chi connectivity index (χ2v) is 2.96. The van der Waals surface area contributed by atoms with Crippen LogP contribution in [0.1, 0.15) is 0 Å². The monoisotopic (exact) mass is 195 g/mol. The van der Waals surface area contributed by atoms with Crippen LogP contribution in [0.3, 0.4) is 0 Å². The Morgan fingerprint density at radius 2 is 2.20 bits per heavy atom. The highest BCUT2D eigenvalue weighted by Crippen LogP contribution is 2.20. The number of nitrogens with zero attached hydrogens (tertiary/aromatic N) is 5. The fourth-order valence-corrected chi connectivity index (χ4v) is 1.46. The third kappa shape index (κ3) is 1.05. The maximum Gasteiger partial charge on any atom is 0.239 e. The molecule has 3 aliphatic rings. The first kappa shape index (κ1) is 7.88. The first-order valence-electron chi connectivity index (χ1n) is 4.30. The van der Waals surface area contributed by atoms with Crippen LogP contribution in [0.4, 0.5) is 0 Å². The molecule has 0 spiro atoms. The summed E-state index contributed by atoms with van der Waals surface area (Å²) >= 11 is 0. The summed E-state index contributed by atoms with van der Waals surface area (Å²) in [6, 6.07) is 0. The highest BCUT2D eigenvalue weighted by Gasteiger charge is 2.27. The lowest BCUT2D eigenvalue weighted by Crippen LogP contribution is -2.39. The van der Waals surface area contributed by atoms with Crippen LogP contribution in [-0.2, 0) is 0 Å². The zero-order valence-electron chi connectivity index (χ0n) is 7.62. The van der Waals surface area contributed by atoms with Gasteiger partial charge in [-0.3, -0.25) is 0 Å². The fraction of sp³-hybridized carbons (Fsp3) is 0. The van der Waals surface area contributed by atoms with E-state index in [2.05, 4.69) is 25.9 Å². The van der Waals surface area contributed by atoms with Gasteiger partial charge in [-0.15, -0.1) is 6.42 Å². The maximum absolute atomic E-state index is 5.31. The van der Waals surface area contributed by atoms with Crippen LogP contribution in [0.2, 0.25) is 0 Å². The van der Waals surface area contributed by atoms with Gasteiger partial charge in [0.2, 0.25) is 11.9 Å². The van der Waals surface area contributed by atoms with Crippen molar-refractivity contribution >= 4 is 24.0 Å². The molecule has 0 atom stereocenters. The van der Waals surface area contributed by atoms with Crippen LogP contribution in [0.15, 0.2) is 44.0 Å². The van der Waals surface area contributed by atoms with E-state index in [0.29, 0.717) is 17.6 Å². The standard InChI is InChI=1S/C10H5N5/c1-2-7-5-8-3-4-11-9-12-6-13-10(14-7)15(8)9/h1,3-6H. The molecule has 0 bridgehead atoms. The Bertz CT molecular complexity index is 549. The fourth-order valence-electron chi connectivity index (χ4n) is 1.46. The average molecular weight is 195 g/mol. The SMILES string of the molecule is C#CC1=NC2=NC=NC3=NC=CC(=C1)N32. The Kier molecular flexibility index (Phi) is 1.45. The van der Waals surface area contributed by atoms with E-state index in [1.807, 2.05) is 6.08 Å². The molecular formula is C10H5N5. The third-order valence-electron chi connectivity index (χ3n) is 2.09. The summed E-state index contributed by atoms with van der Waals surface area (Å²) in [5, 5.41) is 0. The molecule has 70 valence electrons. The Hall–Kier alpha value is -2.48. The van der Waals surface area contributed by atoms with Crippen molar-refractivity contribution in [3.63, 3.8) is 0 Å². The van der Waals surface area contributed by atoms with Crippen molar-refractivity contribution < 1.29 is 0 Å². The molecule has 3 heterocycles. The smallest absolute Gasteiger partial charge is 0.239 e. The van der Waals surface area contributed by atoms with Gasteiger partial charge in [0.15, 0.2) is 0 Å². The van der Waals surface area contributed by atoms with Crippen molar-refractivity contribution in [3.05, 3.63) is 24.0 Å². The molecule has 0 fully saturated rings. The Morgan fingerprint density at radius 1 is 1.27 bits per heavy atom. The summed E-state index contributed by atoms with van der Waals surface area (Å²) in [7, 11) is 0. The number of terminal acetylenes is 1. The number of allylic oxidation sites excluding steroid dienone is 2. The predicted molar refractivity (Wildman–Crippen MR) is 58.7 cm³/mol. The van der Waals surface area contributed by atoms with E-state index in [0.717, 1.165) is 5.70 Å². The van der Waals surface area contributed by atoms with Gasteiger partial charge in [-0.1, -0.05) is 5.92 Å². The number of hydrogen-bond acceptors (Lipinski definition) is 5. The normalized spacial score (nSPS) is 20.9. The molecule has 0 amide bonds. The van der Waals surface area contributed by atoms with Gasteiger partial charge >= 0.3 is 0 Å². The molecule has 0 radical (unpaired) electrons. The molecule has 0 aromatic heterocycles. The van der Waals surface area contributed by atoms with Crippen LogP contribution in [0, 0.1) is 12.3 Å². The summed E-state index contributed by atoms with van der Waals surface area (Å²) in [6.07, 6.45) is 12.0. The highest BCUT2D eigenvalue weighted by molar-refractivity contribution is 6.21. The minimum Gasteiger partial charge on any atom is -0.246 e. The molecule has 0 aromatic rings. The molecule has 0 aromatic carbocycles. The number of hydrogen-bond donors (Lipinski definition) is 0. The quantitative estimate of drug-likeness (QED) is 0.520. The lowest BCUT2D eigenvalue weighted by molar-refractivity contribution is 0.736. The highest BCUT2D eigenvalue weighted by atomic mass is 15.4. The van der Waals surface area contributed by atoms with Gasteiger partial charge in [0, 0.05) is 6.20 Å². The van der Waals surface area contributed by atoms with E-state index in [9.17, 15) is 0 Å². The molecular weight excluding hydrogens is 190 g/mol. The van der Waals surface area contributed by atoms with Crippen molar-refractivity contribution in [2.24, 2.45) is 20.0 Å². The van der Waals surface area contributed by atoms with E-state index in [4.69, 9.17) is 6.42 Å². The average Bonchev–Trinajstić information content (AvgIpc) is 2.29. The summed E-state index contributed by atoms with van der Waals surface area (Å²) in [5.41, 5.74) is 1.44. The molecule has 0 saturated carbocycles. The summed E-state index contributed by atoms with van der Waals surface area (Å²) in [5.74, 6) is 3.56. The van der Waals surface area contributed by atoms with Gasteiger partial charge < -0.3 is 0 Å².